The molecule has 0 radical (unpaired) electrons. The Morgan fingerprint density at radius 1 is 1.27 bits per heavy atom. The van der Waals surface area contributed by atoms with Crippen LogP contribution in [-0.2, 0) is 14.6 Å². The van der Waals surface area contributed by atoms with Crippen LogP contribution >= 0.6 is 0 Å². The summed E-state index contributed by atoms with van der Waals surface area (Å²) in [5.74, 6) is -0.369. The molecule has 2 rings (SSSR count). The normalized spacial score (nSPS) is 16.4. The first-order chi connectivity index (χ1) is 10.5. The smallest absolute Gasteiger partial charge is 0.252 e. The third-order valence-electron chi connectivity index (χ3n) is 3.66. The van der Waals surface area contributed by atoms with Crippen LogP contribution in [-0.4, -0.2) is 64.4 Å². The Bertz CT molecular complexity index is 610. The summed E-state index contributed by atoms with van der Waals surface area (Å²) in [6.45, 7) is 5.93. The van der Waals surface area contributed by atoms with E-state index in [1.807, 2.05) is 0 Å². The molecule has 7 heteroatoms. The Hall–Kier alpha value is -1.44. The number of hydrogen-bond donors (Lipinski definition) is 1. The molecule has 1 heterocycles. The van der Waals surface area contributed by atoms with Gasteiger partial charge in [0.2, 0.25) is 0 Å². The van der Waals surface area contributed by atoms with Gasteiger partial charge in [-0.15, -0.1) is 0 Å². The summed E-state index contributed by atoms with van der Waals surface area (Å²) in [7, 11) is -3.41. The van der Waals surface area contributed by atoms with E-state index in [1.165, 1.54) is 6.07 Å². The second-order valence-corrected chi connectivity index (χ2v) is 7.36. The Balaban J connectivity index is 1.98. The van der Waals surface area contributed by atoms with Crippen LogP contribution in [0, 0.1) is 0 Å². The molecular weight excluding hydrogens is 304 g/mol. The monoisotopic (exact) mass is 326 g/mol. The zero-order valence-corrected chi connectivity index (χ0v) is 13.6. The van der Waals surface area contributed by atoms with Gasteiger partial charge < -0.3 is 10.1 Å². The summed E-state index contributed by atoms with van der Waals surface area (Å²) in [6.07, 6.45) is 0. The van der Waals surface area contributed by atoms with Crippen molar-refractivity contribution in [3.05, 3.63) is 29.8 Å². The molecule has 1 N–H and O–H groups in total. The van der Waals surface area contributed by atoms with Gasteiger partial charge in [-0.05, 0) is 12.1 Å². The zero-order valence-electron chi connectivity index (χ0n) is 12.7. The fraction of sp³-hybridized carbons (Fsp3) is 0.533. The van der Waals surface area contributed by atoms with Crippen molar-refractivity contribution in [1.82, 2.24) is 10.2 Å². The Labute approximate surface area is 131 Å². The lowest BCUT2D eigenvalue weighted by molar-refractivity contribution is 0.0383. The van der Waals surface area contributed by atoms with Gasteiger partial charge in [-0.25, -0.2) is 8.42 Å². The van der Waals surface area contributed by atoms with Crippen LogP contribution in [0.1, 0.15) is 17.3 Å². The van der Waals surface area contributed by atoms with Crippen molar-refractivity contribution < 1.29 is 17.9 Å². The maximum atomic E-state index is 12.3. The number of sulfone groups is 1. The van der Waals surface area contributed by atoms with Crippen molar-refractivity contribution >= 4 is 15.7 Å². The van der Waals surface area contributed by atoms with Crippen molar-refractivity contribution in [3.63, 3.8) is 0 Å². The minimum Gasteiger partial charge on any atom is -0.379 e. The topological polar surface area (TPSA) is 75.7 Å². The Kier molecular flexibility index (Phi) is 5.93. The van der Waals surface area contributed by atoms with Crippen LogP contribution < -0.4 is 5.32 Å². The van der Waals surface area contributed by atoms with Gasteiger partial charge in [0.15, 0.2) is 9.84 Å². The van der Waals surface area contributed by atoms with Crippen LogP contribution in [0.3, 0.4) is 0 Å². The standard InChI is InChI=1S/C15H22N2O4S/c1-2-22(19,20)14-6-4-3-5-13(14)15(18)16-7-8-17-9-11-21-12-10-17/h3-6H,2,7-12H2,1H3,(H,16,18). The molecule has 1 saturated heterocycles. The van der Waals surface area contributed by atoms with Gasteiger partial charge >= 0.3 is 0 Å². The molecule has 1 aliphatic rings. The second-order valence-electron chi connectivity index (χ2n) is 5.11. The van der Waals surface area contributed by atoms with E-state index < -0.39 is 9.84 Å². The average Bonchev–Trinajstić information content (AvgIpc) is 2.55. The highest BCUT2D eigenvalue weighted by Gasteiger charge is 2.20. The molecule has 0 atom stereocenters. The number of benzene rings is 1. The molecule has 0 bridgehead atoms. The average molecular weight is 326 g/mol. The number of carbonyl (C=O) groups is 1. The largest absolute Gasteiger partial charge is 0.379 e. The van der Waals surface area contributed by atoms with Crippen molar-refractivity contribution in [1.29, 1.82) is 0 Å². The number of nitrogens with zero attached hydrogens (tertiary/aromatic N) is 1. The van der Waals surface area contributed by atoms with E-state index in [0.717, 1.165) is 19.6 Å². The molecule has 0 unspecified atom stereocenters. The van der Waals surface area contributed by atoms with Crippen LogP contribution in [0.15, 0.2) is 29.2 Å². The van der Waals surface area contributed by atoms with Crippen LogP contribution in [0.5, 0.6) is 0 Å². The molecule has 0 spiro atoms. The van der Waals surface area contributed by atoms with E-state index in [-0.39, 0.29) is 22.1 Å². The summed E-state index contributed by atoms with van der Waals surface area (Å²) >= 11 is 0. The number of nitrogens with one attached hydrogen (secondary N) is 1. The van der Waals surface area contributed by atoms with E-state index in [1.54, 1.807) is 25.1 Å². The minimum atomic E-state index is -3.41. The van der Waals surface area contributed by atoms with Gasteiger partial charge in [-0.3, -0.25) is 9.69 Å². The second kappa shape index (κ2) is 7.71. The minimum absolute atomic E-state index is 0.0227. The Morgan fingerprint density at radius 3 is 2.64 bits per heavy atom. The Morgan fingerprint density at radius 2 is 1.95 bits per heavy atom. The number of morpholine rings is 1. The van der Waals surface area contributed by atoms with E-state index in [0.29, 0.717) is 19.8 Å². The van der Waals surface area contributed by atoms with Gasteiger partial charge in [-0.1, -0.05) is 19.1 Å². The molecule has 22 heavy (non-hydrogen) atoms. The van der Waals surface area contributed by atoms with Crippen LogP contribution in [0.2, 0.25) is 0 Å². The van der Waals surface area contributed by atoms with Crippen molar-refractivity contribution in [2.75, 3.05) is 45.1 Å². The number of hydrogen-bond acceptors (Lipinski definition) is 5. The fourth-order valence-electron chi connectivity index (χ4n) is 2.33. The lowest BCUT2D eigenvalue weighted by Crippen LogP contribution is -2.41. The molecule has 0 saturated carbocycles. The fourth-order valence-corrected chi connectivity index (χ4v) is 3.42. The highest BCUT2D eigenvalue weighted by molar-refractivity contribution is 7.91. The molecule has 6 nitrogen and oxygen atoms in total. The SMILES string of the molecule is CCS(=O)(=O)c1ccccc1C(=O)NCCN1CCOCC1. The molecule has 1 fully saturated rings. The maximum Gasteiger partial charge on any atom is 0.252 e. The number of amides is 1. The first kappa shape index (κ1) is 16.9. The van der Waals surface area contributed by atoms with Crippen molar-refractivity contribution in [3.8, 4) is 0 Å². The first-order valence-corrected chi connectivity index (χ1v) is 9.10. The van der Waals surface area contributed by atoms with E-state index in [9.17, 15) is 13.2 Å². The van der Waals surface area contributed by atoms with Gasteiger partial charge in [0.1, 0.15) is 0 Å². The molecule has 1 aliphatic heterocycles. The number of rotatable bonds is 6. The number of carbonyl (C=O) groups excluding carboxylic acids is 1. The molecule has 1 aromatic carbocycles. The summed E-state index contributed by atoms with van der Waals surface area (Å²) in [5, 5.41) is 2.80. The van der Waals surface area contributed by atoms with Gasteiger partial charge in [0, 0.05) is 26.2 Å². The molecular formula is C15H22N2O4S. The van der Waals surface area contributed by atoms with Gasteiger partial charge in [0.05, 0.1) is 29.4 Å². The first-order valence-electron chi connectivity index (χ1n) is 7.44. The highest BCUT2D eigenvalue weighted by Crippen LogP contribution is 2.16. The quantitative estimate of drug-likeness (QED) is 0.826. The predicted molar refractivity (Wildman–Crippen MR) is 83.8 cm³/mol. The van der Waals surface area contributed by atoms with E-state index >= 15 is 0 Å². The molecule has 0 aromatic heterocycles. The summed E-state index contributed by atoms with van der Waals surface area (Å²) in [6, 6.07) is 6.33. The zero-order chi connectivity index (χ0) is 16.0. The van der Waals surface area contributed by atoms with Crippen molar-refractivity contribution in [2.45, 2.75) is 11.8 Å². The van der Waals surface area contributed by atoms with E-state index in [4.69, 9.17) is 4.74 Å². The third-order valence-corrected chi connectivity index (χ3v) is 5.45. The predicted octanol–water partition coefficient (Wildman–Crippen LogP) is 0.542. The summed E-state index contributed by atoms with van der Waals surface area (Å²) < 4.78 is 29.4. The van der Waals surface area contributed by atoms with Crippen LogP contribution in [0.25, 0.3) is 0 Å². The highest BCUT2D eigenvalue weighted by atomic mass is 32.2. The van der Waals surface area contributed by atoms with Crippen LogP contribution in [0.4, 0.5) is 0 Å². The van der Waals surface area contributed by atoms with Crippen molar-refractivity contribution in [2.24, 2.45) is 0 Å². The third kappa shape index (κ3) is 4.28. The lowest BCUT2D eigenvalue weighted by atomic mass is 10.2. The van der Waals surface area contributed by atoms with Gasteiger partial charge in [-0.2, -0.15) is 0 Å². The maximum absolute atomic E-state index is 12.3. The molecule has 1 amide bonds. The lowest BCUT2D eigenvalue weighted by Gasteiger charge is -2.26. The summed E-state index contributed by atoms with van der Waals surface area (Å²) in [4.78, 5) is 14.6. The molecule has 122 valence electrons. The molecule has 1 aromatic rings. The number of ether oxygens (including phenoxy) is 1. The van der Waals surface area contributed by atoms with Gasteiger partial charge in [0.25, 0.3) is 5.91 Å². The van der Waals surface area contributed by atoms with E-state index in [2.05, 4.69) is 10.2 Å². The molecule has 0 aliphatic carbocycles. The summed E-state index contributed by atoms with van der Waals surface area (Å²) in [5.41, 5.74) is 0.214.